The minimum Gasteiger partial charge on any atom is -0.494 e. The van der Waals surface area contributed by atoms with Gasteiger partial charge in [-0.2, -0.15) is 5.10 Å². The predicted octanol–water partition coefficient (Wildman–Crippen LogP) is 3.33. The molecule has 3 rings (SSSR count). The fourth-order valence-electron chi connectivity index (χ4n) is 2.77. The molecule has 0 saturated carbocycles. The van der Waals surface area contributed by atoms with Gasteiger partial charge in [-0.25, -0.2) is 9.82 Å². The molecule has 3 amide bonds. The minimum absolute atomic E-state index is 0.214. The third kappa shape index (κ3) is 8.28. The Morgan fingerprint density at radius 2 is 1.54 bits per heavy atom. The SMILES string of the molecule is CCOc1ccc(NC(=O)COc2cccc(/C=N\NC(=O)C(=O)Nc3ccc(F)cc3)c2)cc1. The van der Waals surface area contributed by atoms with Crippen molar-refractivity contribution >= 4 is 35.3 Å². The van der Waals surface area contributed by atoms with Gasteiger partial charge in [0.15, 0.2) is 6.61 Å². The van der Waals surface area contributed by atoms with Gasteiger partial charge < -0.3 is 20.1 Å². The van der Waals surface area contributed by atoms with Crippen LogP contribution < -0.4 is 25.5 Å². The molecule has 3 aromatic carbocycles. The zero-order valence-corrected chi connectivity index (χ0v) is 18.8. The molecule has 9 nitrogen and oxygen atoms in total. The summed E-state index contributed by atoms with van der Waals surface area (Å²) in [4.78, 5) is 35.9. The van der Waals surface area contributed by atoms with Crippen molar-refractivity contribution in [2.45, 2.75) is 6.92 Å². The maximum atomic E-state index is 12.9. The predicted molar refractivity (Wildman–Crippen MR) is 129 cm³/mol. The van der Waals surface area contributed by atoms with E-state index in [0.29, 0.717) is 29.4 Å². The van der Waals surface area contributed by atoms with Crippen LogP contribution in [-0.4, -0.2) is 37.1 Å². The average molecular weight is 478 g/mol. The number of halogens is 1. The summed E-state index contributed by atoms with van der Waals surface area (Å²) >= 11 is 0. The Balaban J connectivity index is 1.45. The first-order valence-corrected chi connectivity index (χ1v) is 10.6. The Morgan fingerprint density at radius 1 is 0.857 bits per heavy atom. The molecule has 0 bridgehead atoms. The van der Waals surface area contributed by atoms with Gasteiger partial charge in [-0.1, -0.05) is 12.1 Å². The number of hydrogen-bond acceptors (Lipinski definition) is 6. The molecule has 180 valence electrons. The van der Waals surface area contributed by atoms with Crippen LogP contribution in [0.1, 0.15) is 12.5 Å². The van der Waals surface area contributed by atoms with Crippen LogP contribution in [0.4, 0.5) is 15.8 Å². The van der Waals surface area contributed by atoms with Crippen molar-refractivity contribution in [3.8, 4) is 11.5 Å². The first kappa shape index (κ1) is 24.9. The van der Waals surface area contributed by atoms with E-state index in [1.165, 1.54) is 18.3 Å². The molecule has 0 heterocycles. The topological polar surface area (TPSA) is 118 Å². The molecule has 0 saturated heterocycles. The third-order valence-electron chi connectivity index (χ3n) is 4.37. The number of nitrogens with zero attached hydrogens (tertiary/aromatic N) is 1. The number of hydrogen-bond donors (Lipinski definition) is 3. The van der Waals surface area contributed by atoms with Crippen molar-refractivity contribution in [1.82, 2.24) is 5.43 Å². The molecule has 0 atom stereocenters. The highest BCUT2D eigenvalue weighted by atomic mass is 19.1. The maximum absolute atomic E-state index is 12.9. The zero-order valence-electron chi connectivity index (χ0n) is 18.8. The lowest BCUT2D eigenvalue weighted by molar-refractivity contribution is -0.136. The Bertz CT molecular complexity index is 1200. The largest absolute Gasteiger partial charge is 0.494 e. The Labute approximate surface area is 200 Å². The first-order chi connectivity index (χ1) is 16.9. The highest BCUT2D eigenvalue weighted by molar-refractivity contribution is 6.39. The number of nitrogens with one attached hydrogen (secondary N) is 3. The molecule has 0 aliphatic heterocycles. The Kier molecular flexibility index (Phi) is 8.89. The summed E-state index contributed by atoms with van der Waals surface area (Å²) in [6.45, 7) is 2.23. The zero-order chi connectivity index (χ0) is 25.0. The Hall–Kier alpha value is -4.73. The van der Waals surface area contributed by atoms with E-state index in [-0.39, 0.29) is 18.2 Å². The Morgan fingerprint density at radius 3 is 2.26 bits per heavy atom. The lowest BCUT2D eigenvalue weighted by atomic mass is 10.2. The fourth-order valence-corrected chi connectivity index (χ4v) is 2.77. The van der Waals surface area contributed by atoms with Gasteiger partial charge >= 0.3 is 11.8 Å². The minimum atomic E-state index is -0.996. The van der Waals surface area contributed by atoms with E-state index in [0.717, 1.165) is 12.1 Å². The van der Waals surface area contributed by atoms with Gasteiger partial charge in [0, 0.05) is 11.4 Å². The van der Waals surface area contributed by atoms with Gasteiger partial charge in [-0.15, -0.1) is 0 Å². The number of carbonyl (C=O) groups excluding carboxylic acids is 3. The van der Waals surface area contributed by atoms with Gasteiger partial charge in [0.1, 0.15) is 17.3 Å². The van der Waals surface area contributed by atoms with Crippen molar-refractivity contribution in [3.63, 3.8) is 0 Å². The second kappa shape index (κ2) is 12.5. The van der Waals surface area contributed by atoms with Crippen LogP contribution in [-0.2, 0) is 14.4 Å². The highest BCUT2D eigenvalue weighted by Crippen LogP contribution is 2.16. The molecule has 3 aromatic rings. The van der Waals surface area contributed by atoms with Crippen LogP contribution in [0.5, 0.6) is 11.5 Å². The second-order valence-corrected chi connectivity index (χ2v) is 7.03. The van der Waals surface area contributed by atoms with Crippen LogP contribution in [0.15, 0.2) is 77.9 Å². The molecule has 0 spiro atoms. The van der Waals surface area contributed by atoms with Crippen molar-refractivity contribution in [1.29, 1.82) is 0 Å². The normalized spacial score (nSPS) is 10.5. The molecule has 0 aliphatic carbocycles. The summed E-state index contributed by atoms with van der Waals surface area (Å²) in [6.07, 6.45) is 1.32. The molecule has 0 aliphatic rings. The van der Waals surface area contributed by atoms with E-state index in [1.807, 2.05) is 6.92 Å². The second-order valence-electron chi connectivity index (χ2n) is 7.03. The van der Waals surface area contributed by atoms with E-state index in [9.17, 15) is 18.8 Å². The van der Waals surface area contributed by atoms with E-state index < -0.39 is 17.6 Å². The summed E-state index contributed by atoms with van der Waals surface area (Å²) < 4.78 is 23.8. The monoisotopic (exact) mass is 478 g/mol. The first-order valence-electron chi connectivity index (χ1n) is 10.6. The smallest absolute Gasteiger partial charge is 0.329 e. The quantitative estimate of drug-likeness (QED) is 0.248. The van der Waals surface area contributed by atoms with Gasteiger partial charge in [0.2, 0.25) is 0 Å². The van der Waals surface area contributed by atoms with E-state index in [2.05, 4.69) is 21.2 Å². The molecular formula is C25H23FN4O5. The van der Waals surface area contributed by atoms with Gasteiger partial charge in [-0.05, 0) is 73.2 Å². The lowest BCUT2D eigenvalue weighted by Gasteiger charge is -2.09. The average Bonchev–Trinajstić information content (AvgIpc) is 2.86. The van der Waals surface area contributed by atoms with Crippen molar-refractivity contribution in [2.75, 3.05) is 23.8 Å². The summed E-state index contributed by atoms with van der Waals surface area (Å²) in [5.74, 6) is -1.63. The summed E-state index contributed by atoms with van der Waals surface area (Å²) in [6, 6.07) is 18.6. The number of carbonyl (C=O) groups is 3. The summed E-state index contributed by atoms with van der Waals surface area (Å²) in [5.41, 5.74) is 3.55. The van der Waals surface area contributed by atoms with Gasteiger partial charge in [0.25, 0.3) is 5.91 Å². The molecule has 0 aromatic heterocycles. The lowest BCUT2D eigenvalue weighted by Crippen LogP contribution is -2.32. The maximum Gasteiger partial charge on any atom is 0.329 e. The number of anilines is 2. The number of benzene rings is 3. The van der Waals surface area contributed by atoms with Gasteiger partial charge in [0.05, 0.1) is 12.8 Å². The van der Waals surface area contributed by atoms with Crippen LogP contribution >= 0.6 is 0 Å². The highest BCUT2D eigenvalue weighted by Gasteiger charge is 2.12. The molecule has 0 radical (unpaired) electrons. The van der Waals surface area contributed by atoms with Crippen LogP contribution in [0, 0.1) is 5.82 Å². The number of rotatable bonds is 9. The van der Waals surface area contributed by atoms with Gasteiger partial charge in [-0.3, -0.25) is 14.4 Å². The fraction of sp³-hybridized carbons (Fsp3) is 0.120. The summed E-state index contributed by atoms with van der Waals surface area (Å²) in [7, 11) is 0. The van der Waals surface area contributed by atoms with Crippen LogP contribution in [0.25, 0.3) is 0 Å². The molecule has 35 heavy (non-hydrogen) atoms. The number of ether oxygens (including phenoxy) is 2. The molecular weight excluding hydrogens is 455 g/mol. The molecule has 0 unspecified atom stereocenters. The third-order valence-corrected chi connectivity index (χ3v) is 4.37. The number of hydrazone groups is 1. The van der Waals surface area contributed by atoms with E-state index >= 15 is 0 Å². The van der Waals surface area contributed by atoms with Crippen LogP contribution in [0.3, 0.4) is 0 Å². The van der Waals surface area contributed by atoms with E-state index in [4.69, 9.17) is 9.47 Å². The molecule has 10 heteroatoms. The van der Waals surface area contributed by atoms with Crippen molar-refractivity contribution < 1.29 is 28.2 Å². The van der Waals surface area contributed by atoms with Crippen molar-refractivity contribution in [3.05, 3.63) is 84.2 Å². The molecule has 0 fully saturated rings. The van der Waals surface area contributed by atoms with Crippen molar-refractivity contribution in [2.24, 2.45) is 5.10 Å². The summed E-state index contributed by atoms with van der Waals surface area (Å²) in [5, 5.41) is 8.79. The van der Waals surface area contributed by atoms with E-state index in [1.54, 1.807) is 48.5 Å². The standard InChI is InChI=1S/C25H23FN4O5/c1-2-34-21-12-10-19(11-13-21)28-23(31)16-35-22-5-3-4-17(14-22)15-27-30-25(33)24(32)29-20-8-6-18(26)7-9-20/h3-15H,2,16H2,1H3,(H,28,31)(H,29,32)(H,30,33)/b27-15-. The number of amides is 3. The van der Waals surface area contributed by atoms with Crippen LogP contribution in [0.2, 0.25) is 0 Å². The molecule has 3 N–H and O–H groups in total.